The summed E-state index contributed by atoms with van der Waals surface area (Å²) in [4.78, 5) is 21.0. The number of aromatic nitrogens is 2. The van der Waals surface area contributed by atoms with E-state index in [-0.39, 0.29) is 24.5 Å². The van der Waals surface area contributed by atoms with Crippen LogP contribution in [0.25, 0.3) is 11.0 Å². The lowest BCUT2D eigenvalue weighted by atomic mass is 10.2. The molecule has 1 aromatic heterocycles. The zero-order chi connectivity index (χ0) is 21.8. The van der Waals surface area contributed by atoms with E-state index < -0.39 is 16.0 Å². The molecule has 1 N–H and O–H groups in total. The zero-order valence-corrected chi connectivity index (χ0v) is 17.6. The van der Waals surface area contributed by atoms with Crippen LogP contribution in [0.2, 0.25) is 0 Å². The Labute approximate surface area is 179 Å². The number of nitrogens with one attached hydrogen (secondary N) is 1. The van der Waals surface area contributed by atoms with Crippen LogP contribution in [0.3, 0.4) is 0 Å². The average Bonchev–Trinajstić information content (AvgIpc) is 2.77. The molecule has 2 heterocycles. The van der Waals surface area contributed by atoms with Crippen LogP contribution in [0, 0.1) is 6.92 Å². The Bertz CT molecular complexity index is 1230. The van der Waals surface area contributed by atoms with Crippen molar-refractivity contribution < 1.29 is 27.4 Å². The minimum absolute atomic E-state index is 0.0303. The van der Waals surface area contributed by atoms with Crippen LogP contribution in [-0.2, 0) is 26.2 Å². The van der Waals surface area contributed by atoms with Crippen LogP contribution in [0.15, 0.2) is 47.4 Å². The molecular formula is C21H21N3O6S. The first kappa shape index (κ1) is 21.0. The molecule has 0 atom stereocenters. The number of sulfonamides is 1. The maximum atomic E-state index is 12.5. The quantitative estimate of drug-likeness (QED) is 0.552. The summed E-state index contributed by atoms with van der Waals surface area (Å²) in [5.74, 6) is 0.334. The van der Waals surface area contributed by atoms with Gasteiger partial charge in [0.2, 0.25) is 10.0 Å². The number of hydrogen-bond acceptors (Lipinski definition) is 8. The first-order valence-electron chi connectivity index (χ1n) is 9.69. The van der Waals surface area contributed by atoms with Gasteiger partial charge in [0, 0.05) is 12.6 Å². The lowest BCUT2D eigenvalue weighted by molar-refractivity contribution is -0.144. The van der Waals surface area contributed by atoms with Crippen LogP contribution >= 0.6 is 0 Å². The first-order chi connectivity index (χ1) is 14.9. The molecule has 0 fully saturated rings. The van der Waals surface area contributed by atoms with Crippen LogP contribution in [0.5, 0.6) is 11.5 Å². The van der Waals surface area contributed by atoms with Crippen LogP contribution in [0.4, 0.5) is 0 Å². The Balaban J connectivity index is 1.30. The fourth-order valence-electron chi connectivity index (χ4n) is 3.04. The predicted octanol–water partition coefficient (Wildman–Crippen LogP) is 2.12. The molecule has 1 aliphatic rings. The molecule has 3 aromatic rings. The Kier molecular flexibility index (Phi) is 6.01. The van der Waals surface area contributed by atoms with Gasteiger partial charge in [-0.05, 0) is 31.2 Å². The molecule has 10 heteroatoms. The van der Waals surface area contributed by atoms with Crippen molar-refractivity contribution in [2.45, 2.75) is 24.8 Å². The predicted molar refractivity (Wildman–Crippen MR) is 111 cm³/mol. The number of para-hydroxylation sites is 2. The zero-order valence-electron chi connectivity index (χ0n) is 16.8. The molecule has 0 bridgehead atoms. The molecule has 0 unspecified atom stereocenters. The van der Waals surface area contributed by atoms with Crippen molar-refractivity contribution in [1.29, 1.82) is 0 Å². The molecular weight excluding hydrogens is 422 g/mol. The van der Waals surface area contributed by atoms with Gasteiger partial charge in [-0.1, -0.05) is 12.1 Å². The van der Waals surface area contributed by atoms with Gasteiger partial charge in [0.05, 0.1) is 33.7 Å². The summed E-state index contributed by atoms with van der Waals surface area (Å²) in [6.45, 7) is 2.44. The third kappa shape index (κ3) is 4.92. The summed E-state index contributed by atoms with van der Waals surface area (Å²) >= 11 is 0. The Hall–Kier alpha value is -3.24. The van der Waals surface area contributed by atoms with Gasteiger partial charge >= 0.3 is 5.97 Å². The number of benzene rings is 2. The second-order valence-corrected chi connectivity index (χ2v) is 8.63. The van der Waals surface area contributed by atoms with E-state index in [4.69, 9.17) is 14.2 Å². The van der Waals surface area contributed by atoms with E-state index in [0.29, 0.717) is 41.6 Å². The van der Waals surface area contributed by atoms with Gasteiger partial charge in [0.25, 0.3) is 0 Å². The van der Waals surface area contributed by atoms with Crippen LogP contribution in [0.1, 0.15) is 17.8 Å². The van der Waals surface area contributed by atoms with Gasteiger partial charge in [-0.2, -0.15) is 0 Å². The van der Waals surface area contributed by atoms with Crippen molar-refractivity contribution in [2.75, 3.05) is 19.8 Å². The van der Waals surface area contributed by atoms with Gasteiger partial charge in [0.1, 0.15) is 19.8 Å². The van der Waals surface area contributed by atoms with E-state index in [1.54, 1.807) is 13.0 Å². The van der Waals surface area contributed by atoms with Crippen LogP contribution in [-0.4, -0.2) is 44.1 Å². The topological polar surface area (TPSA) is 117 Å². The molecule has 162 valence electrons. The Morgan fingerprint density at radius 1 is 1.06 bits per heavy atom. The average molecular weight is 443 g/mol. The summed E-state index contributed by atoms with van der Waals surface area (Å²) in [5, 5.41) is 0. The van der Waals surface area contributed by atoms with E-state index in [9.17, 15) is 13.2 Å². The fourth-order valence-corrected chi connectivity index (χ4v) is 4.09. The monoisotopic (exact) mass is 443 g/mol. The highest BCUT2D eigenvalue weighted by molar-refractivity contribution is 7.89. The third-order valence-corrected chi connectivity index (χ3v) is 6.12. The second-order valence-electron chi connectivity index (χ2n) is 6.86. The molecule has 0 saturated heterocycles. The highest BCUT2D eigenvalue weighted by atomic mass is 32.2. The highest BCUT2D eigenvalue weighted by Gasteiger charge is 2.19. The van der Waals surface area contributed by atoms with Crippen molar-refractivity contribution in [3.63, 3.8) is 0 Å². The van der Waals surface area contributed by atoms with Gasteiger partial charge in [-0.25, -0.2) is 23.1 Å². The minimum atomic E-state index is -3.80. The number of esters is 1. The molecule has 4 rings (SSSR count). The molecule has 9 nitrogen and oxygen atoms in total. The number of aryl methyl sites for hydroxylation is 1. The van der Waals surface area contributed by atoms with Gasteiger partial charge in [0.15, 0.2) is 11.5 Å². The fraction of sp³-hybridized carbons (Fsp3) is 0.286. The normalized spacial score (nSPS) is 13.2. The number of rotatable bonds is 7. The van der Waals surface area contributed by atoms with Crippen molar-refractivity contribution in [2.24, 2.45) is 0 Å². The lowest BCUT2D eigenvalue weighted by Crippen LogP contribution is -2.27. The molecule has 0 saturated carbocycles. The van der Waals surface area contributed by atoms with E-state index in [1.807, 2.05) is 24.3 Å². The van der Waals surface area contributed by atoms with Crippen molar-refractivity contribution >= 4 is 27.0 Å². The molecule has 1 aliphatic heterocycles. The van der Waals surface area contributed by atoms with E-state index in [2.05, 4.69) is 14.7 Å². The summed E-state index contributed by atoms with van der Waals surface area (Å²) in [7, 11) is -3.80. The number of nitrogens with zero attached hydrogens (tertiary/aromatic N) is 2. The third-order valence-electron chi connectivity index (χ3n) is 4.66. The van der Waals surface area contributed by atoms with E-state index >= 15 is 0 Å². The number of fused-ring (bicyclic) bond motifs is 2. The summed E-state index contributed by atoms with van der Waals surface area (Å²) in [6.07, 6.45) is -0.121. The second kappa shape index (κ2) is 8.86. The lowest BCUT2D eigenvalue weighted by Gasteiger charge is -2.18. The first-order valence-corrected chi connectivity index (χ1v) is 11.2. The Morgan fingerprint density at radius 3 is 2.55 bits per heavy atom. The van der Waals surface area contributed by atoms with Gasteiger partial charge < -0.3 is 14.2 Å². The molecule has 0 spiro atoms. The van der Waals surface area contributed by atoms with Gasteiger partial charge in [-0.15, -0.1) is 0 Å². The Morgan fingerprint density at radius 2 is 1.77 bits per heavy atom. The maximum Gasteiger partial charge on any atom is 0.307 e. The standard InChI is InChI=1S/C21H21N3O6S/c1-14-18(24-17-5-3-2-4-16(17)23-14)13-30-21(25)8-9-22-31(26,27)15-6-7-19-20(12-15)29-11-10-28-19/h2-7,12,22H,8-11,13H2,1H3. The number of ether oxygens (including phenoxy) is 3. The van der Waals surface area contributed by atoms with Crippen molar-refractivity contribution in [3.05, 3.63) is 53.9 Å². The number of carbonyl (C=O) groups excluding carboxylic acids is 1. The molecule has 31 heavy (non-hydrogen) atoms. The number of carbonyl (C=O) groups is 1. The molecule has 0 amide bonds. The van der Waals surface area contributed by atoms with E-state index in [0.717, 1.165) is 5.52 Å². The summed E-state index contributed by atoms with van der Waals surface area (Å²) in [6, 6.07) is 11.8. The molecule has 0 aliphatic carbocycles. The maximum absolute atomic E-state index is 12.5. The largest absolute Gasteiger partial charge is 0.486 e. The van der Waals surface area contributed by atoms with Crippen molar-refractivity contribution in [3.8, 4) is 11.5 Å². The van der Waals surface area contributed by atoms with E-state index in [1.165, 1.54) is 12.1 Å². The summed E-state index contributed by atoms with van der Waals surface area (Å²) < 4.78 is 43.4. The highest BCUT2D eigenvalue weighted by Crippen LogP contribution is 2.32. The molecule has 2 aromatic carbocycles. The molecule has 0 radical (unpaired) electrons. The summed E-state index contributed by atoms with van der Waals surface area (Å²) in [5.41, 5.74) is 2.71. The van der Waals surface area contributed by atoms with Crippen LogP contribution < -0.4 is 14.2 Å². The van der Waals surface area contributed by atoms with Gasteiger partial charge in [-0.3, -0.25) is 4.79 Å². The SMILES string of the molecule is Cc1nc2ccccc2nc1COC(=O)CCNS(=O)(=O)c1ccc2c(c1)OCCO2. The van der Waals surface area contributed by atoms with Crippen molar-refractivity contribution in [1.82, 2.24) is 14.7 Å². The number of hydrogen-bond donors (Lipinski definition) is 1. The smallest absolute Gasteiger partial charge is 0.307 e. The minimum Gasteiger partial charge on any atom is -0.486 e.